The molecule has 0 atom stereocenters. The predicted octanol–water partition coefficient (Wildman–Crippen LogP) is 6.31. The molecule has 3 heterocycles. The van der Waals surface area contributed by atoms with Gasteiger partial charge in [-0.3, -0.25) is 0 Å². The number of nitrogens with one attached hydrogen (secondary N) is 1. The zero-order valence-electron chi connectivity index (χ0n) is 16.8. The average Bonchev–Trinajstić information content (AvgIpc) is 3.30. The first-order valence-corrected chi connectivity index (χ1v) is 10.7. The van der Waals surface area contributed by atoms with Crippen LogP contribution in [0.3, 0.4) is 0 Å². The van der Waals surface area contributed by atoms with Crippen LogP contribution in [0.25, 0.3) is 21.5 Å². The molecule has 0 aliphatic rings. The fourth-order valence-electron chi connectivity index (χ4n) is 3.71. The van der Waals surface area contributed by atoms with Crippen molar-refractivity contribution in [3.63, 3.8) is 0 Å². The van der Waals surface area contributed by atoms with Crippen LogP contribution in [0, 0.1) is 20.8 Å². The number of benzene rings is 1. The highest BCUT2D eigenvalue weighted by molar-refractivity contribution is 7.18. The molecule has 0 unspecified atom stereocenters. The van der Waals surface area contributed by atoms with Crippen molar-refractivity contribution in [3.05, 3.63) is 57.6 Å². The minimum Gasteiger partial charge on any atom is -0.425 e. The van der Waals surface area contributed by atoms with Gasteiger partial charge in [-0.1, -0.05) is 17.2 Å². The monoisotopic (exact) mass is 413 g/mol. The van der Waals surface area contributed by atoms with Gasteiger partial charge in [0.2, 0.25) is 11.8 Å². The fourth-order valence-corrected chi connectivity index (χ4v) is 5.09. The molecule has 1 N–H and O–H groups in total. The van der Waals surface area contributed by atoms with E-state index in [1.807, 2.05) is 6.92 Å². The number of fused-ring (bicyclic) bond motifs is 1. The maximum atomic E-state index is 6.17. The van der Waals surface area contributed by atoms with Crippen LogP contribution in [0.15, 0.2) is 28.7 Å². The number of rotatable bonds is 5. The SMILES string of the molecule is Cc1cc(C)cc(-c2[nH]c3sc(C(C)(C)c4nnc(C)o4)cc3c2CCCl)c1. The summed E-state index contributed by atoms with van der Waals surface area (Å²) in [5, 5.41) is 9.49. The molecule has 0 aliphatic heterocycles. The summed E-state index contributed by atoms with van der Waals surface area (Å²) in [6.45, 7) is 10.3. The molecule has 146 valence electrons. The summed E-state index contributed by atoms with van der Waals surface area (Å²) in [4.78, 5) is 6.02. The van der Waals surface area contributed by atoms with E-state index in [2.05, 4.69) is 67.1 Å². The van der Waals surface area contributed by atoms with E-state index >= 15 is 0 Å². The van der Waals surface area contributed by atoms with E-state index in [1.54, 1.807) is 11.3 Å². The van der Waals surface area contributed by atoms with Gasteiger partial charge in [0, 0.05) is 23.1 Å². The smallest absolute Gasteiger partial charge is 0.227 e. The van der Waals surface area contributed by atoms with Crippen LogP contribution < -0.4 is 0 Å². The van der Waals surface area contributed by atoms with Crippen molar-refractivity contribution in [1.29, 1.82) is 0 Å². The molecular formula is C22H24ClN3OS. The van der Waals surface area contributed by atoms with Crippen molar-refractivity contribution >= 4 is 33.2 Å². The first kappa shape index (κ1) is 19.2. The highest BCUT2D eigenvalue weighted by Crippen LogP contribution is 2.42. The maximum Gasteiger partial charge on any atom is 0.227 e. The van der Waals surface area contributed by atoms with Crippen molar-refractivity contribution in [3.8, 4) is 11.3 Å². The number of H-pyrrole nitrogens is 1. The molecule has 0 saturated heterocycles. The van der Waals surface area contributed by atoms with Gasteiger partial charge in [-0.25, -0.2) is 0 Å². The van der Waals surface area contributed by atoms with Crippen LogP contribution in [0.4, 0.5) is 0 Å². The standard InChI is InChI=1S/C22H24ClN3OS/c1-12-8-13(2)10-15(9-12)19-16(6-7-23)17-11-18(28-20(17)24-19)22(4,5)21-26-25-14(3)27-21/h8-11,24H,6-7H2,1-5H3. The lowest BCUT2D eigenvalue weighted by molar-refractivity contribution is 0.401. The molecule has 28 heavy (non-hydrogen) atoms. The Labute approximate surface area is 174 Å². The quantitative estimate of drug-likeness (QED) is 0.390. The Bertz CT molecular complexity index is 1130. The lowest BCUT2D eigenvalue weighted by Gasteiger charge is -2.18. The van der Waals surface area contributed by atoms with Crippen LogP contribution in [0.5, 0.6) is 0 Å². The molecule has 1 aromatic carbocycles. The number of aromatic nitrogens is 3. The number of hydrogen-bond acceptors (Lipinski definition) is 4. The Kier molecular flexibility index (Phi) is 4.84. The number of aromatic amines is 1. The Balaban J connectivity index is 1.85. The van der Waals surface area contributed by atoms with Crippen LogP contribution in [-0.4, -0.2) is 21.1 Å². The molecule has 4 nitrogen and oxygen atoms in total. The van der Waals surface area contributed by atoms with E-state index < -0.39 is 0 Å². The van der Waals surface area contributed by atoms with Gasteiger partial charge >= 0.3 is 0 Å². The van der Waals surface area contributed by atoms with E-state index in [-0.39, 0.29) is 5.41 Å². The van der Waals surface area contributed by atoms with E-state index in [4.69, 9.17) is 16.0 Å². The van der Waals surface area contributed by atoms with Crippen LogP contribution in [0.2, 0.25) is 0 Å². The van der Waals surface area contributed by atoms with E-state index in [9.17, 15) is 0 Å². The summed E-state index contributed by atoms with van der Waals surface area (Å²) in [6, 6.07) is 8.91. The van der Waals surface area contributed by atoms with Gasteiger partial charge in [-0.15, -0.1) is 33.1 Å². The second-order valence-electron chi connectivity index (χ2n) is 7.90. The molecule has 0 amide bonds. The van der Waals surface area contributed by atoms with Crippen molar-refractivity contribution in [1.82, 2.24) is 15.2 Å². The van der Waals surface area contributed by atoms with Crippen molar-refractivity contribution in [2.75, 3.05) is 5.88 Å². The van der Waals surface area contributed by atoms with Gasteiger partial charge < -0.3 is 9.40 Å². The second kappa shape index (κ2) is 7.05. The third-order valence-electron chi connectivity index (χ3n) is 5.13. The number of nitrogens with zero attached hydrogens (tertiary/aromatic N) is 2. The van der Waals surface area contributed by atoms with E-state index in [1.165, 1.54) is 38.2 Å². The van der Waals surface area contributed by atoms with Gasteiger partial charge in [-0.05, 0) is 63.4 Å². The normalized spacial score (nSPS) is 12.2. The van der Waals surface area contributed by atoms with Crippen molar-refractivity contribution in [2.45, 2.75) is 46.5 Å². The van der Waals surface area contributed by atoms with Gasteiger partial charge in [0.25, 0.3) is 0 Å². The highest BCUT2D eigenvalue weighted by Gasteiger charge is 2.32. The summed E-state index contributed by atoms with van der Waals surface area (Å²) in [5.41, 5.74) is 5.84. The average molecular weight is 414 g/mol. The van der Waals surface area contributed by atoms with E-state index in [0.717, 1.165) is 11.3 Å². The molecular weight excluding hydrogens is 390 g/mol. The number of aryl methyl sites for hydroxylation is 4. The summed E-state index contributed by atoms with van der Waals surface area (Å²) in [6.07, 6.45) is 0.820. The second-order valence-corrected chi connectivity index (χ2v) is 9.33. The Hall–Kier alpha value is -2.11. The Morgan fingerprint density at radius 3 is 2.39 bits per heavy atom. The zero-order valence-corrected chi connectivity index (χ0v) is 18.4. The number of hydrogen-bond donors (Lipinski definition) is 1. The van der Waals surface area contributed by atoms with Gasteiger partial charge in [0.1, 0.15) is 4.83 Å². The zero-order chi connectivity index (χ0) is 20.1. The lowest BCUT2D eigenvalue weighted by atomic mass is 9.91. The fraction of sp³-hybridized carbons (Fsp3) is 0.364. The Morgan fingerprint density at radius 2 is 1.79 bits per heavy atom. The third-order valence-corrected chi connectivity index (χ3v) is 6.69. The lowest BCUT2D eigenvalue weighted by Crippen LogP contribution is -2.17. The molecule has 0 fully saturated rings. The van der Waals surface area contributed by atoms with Gasteiger partial charge in [0.05, 0.1) is 11.1 Å². The predicted molar refractivity (Wildman–Crippen MR) is 117 cm³/mol. The number of thiophene rings is 1. The van der Waals surface area contributed by atoms with Crippen LogP contribution in [-0.2, 0) is 11.8 Å². The highest BCUT2D eigenvalue weighted by atomic mass is 35.5. The summed E-state index contributed by atoms with van der Waals surface area (Å²) < 4.78 is 5.73. The first-order valence-electron chi connectivity index (χ1n) is 9.39. The van der Waals surface area contributed by atoms with E-state index in [0.29, 0.717) is 17.7 Å². The molecule has 0 spiro atoms. The Morgan fingerprint density at radius 1 is 1.07 bits per heavy atom. The summed E-state index contributed by atoms with van der Waals surface area (Å²) in [7, 11) is 0. The topological polar surface area (TPSA) is 54.7 Å². The molecule has 4 aromatic rings. The molecule has 0 saturated carbocycles. The number of halogens is 1. The number of alkyl halides is 1. The van der Waals surface area contributed by atoms with Gasteiger partial charge in [-0.2, -0.15) is 0 Å². The van der Waals surface area contributed by atoms with Crippen LogP contribution in [0.1, 0.15) is 47.2 Å². The van der Waals surface area contributed by atoms with Crippen molar-refractivity contribution in [2.24, 2.45) is 0 Å². The summed E-state index contributed by atoms with van der Waals surface area (Å²) >= 11 is 7.91. The van der Waals surface area contributed by atoms with Gasteiger partial charge in [0.15, 0.2) is 0 Å². The molecule has 0 bridgehead atoms. The molecule has 4 rings (SSSR count). The molecule has 3 aromatic heterocycles. The third kappa shape index (κ3) is 3.27. The molecule has 0 radical (unpaired) electrons. The van der Waals surface area contributed by atoms with Crippen molar-refractivity contribution < 1.29 is 4.42 Å². The minimum atomic E-state index is -0.343. The maximum absolute atomic E-state index is 6.17. The minimum absolute atomic E-state index is 0.343. The largest absolute Gasteiger partial charge is 0.425 e. The van der Waals surface area contributed by atoms with Crippen LogP contribution >= 0.6 is 22.9 Å². The molecule has 6 heteroatoms. The summed E-state index contributed by atoms with van der Waals surface area (Å²) in [5.74, 6) is 1.81. The molecule has 0 aliphatic carbocycles. The first-order chi connectivity index (χ1) is 13.3.